The summed E-state index contributed by atoms with van der Waals surface area (Å²) in [5.41, 5.74) is 1.58. The monoisotopic (exact) mass is 414 g/mol. The maximum Gasteiger partial charge on any atom is 0.408 e. The van der Waals surface area contributed by atoms with Gasteiger partial charge in [-0.05, 0) is 23.6 Å². The van der Waals surface area contributed by atoms with Crippen LogP contribution in [0.3, 0.4) is 0 Å². The highest BCUT2D eigenvalue weighted by Gasteiger charge is 2.24. The molecular weight excluding hydrogens is 388 g/mol. The molecule has 30 heavy (non-hydrogen) atoms. The van der Waals surface area contributed by atoms with Gasteiger partial charge in [0.2, 0.25) is 5.91 Å². The third-order valence-corrected chi connectivity index (χ3v) is 4.27. The van der Waals surface area contributed by atoms with Crippen LogP contribution in [0.1, 0.15) is 19.4 Å². The van der Waals surface area contributed by atoms with Crippen molar-refractivity contribution in [3.8, 4) is 0 Å². The van der Waals surface area contributed by atoms with E-state index in [0.29, 0.717) is 18.8 Å². The number of amides is 2. The number of carbonyl (C=O) groups excluding carboxylic acids is 2. The molecule has 9 nitrogen and oxygen atoms in total. The van der Waals surface area contributed by atoms with Crippen molar-refractivity contribution >= 4 is 23.4 Å². The highest BCUT2D eigenvalue weighted by Crippen LogP contribution is 2.14. The van der Waals surface area contributed by atoms with Gasteiger partial charge in [0.1, 0.15) is 12.6 Å². The summed E-state index contributed by atoms with van der Waals surface area (Å²) >= 11 is 0. The first-order valence-electron chi connectivity index (χ1n) is 9.60. The zero-order valence-electron chi connectivity index (χ0n) is 17.0. The van der Waals surface area contributed by atoms with Crippen molar-refractivity contribution in [1.82, 2.24) is 10.6 Å². The van der Waals surface area contributed by atoms with Gasteiger partial charge in [-0.15, -0.1) is 0 Å². The molecule has 0 aliphatic carbocycles. The fraction of sp³-hybridized carbons (Fsp3) is 0.333. The van der Waals surface area contributed by atoms with Crippen LogP contribution in [0.25, 0.3) is 0 Å². The van der Waals surface area contributed by atoms with Gasteiger partial charge in [-0.1, -0.05) is 44.2 Å². The minimum absolute atomic E-state index is 0.0128. The highest BCUT2D eigenvalue weighted by molar-refractivity contribution is 5.85. The van der Waals surface area contributed by atoms with E-state index in [4.69, 9.17) is 4.74 Å². The van der Waals surface area contributed by atoms with Crippen molar-refractivity contribution < 1.29 is 19.2 Å². The lowest BCUT2D eigenvalue weighted by Crippen LogP contribution is -2.50. The number of carbonyl (C=O) groups is 2. The van der Waals surface area contributed by atoms with Crippen LogP contribution in [-0.4, -0.2) is 36.1 Å². The summed E-state index contributed by atoms with van der Waals surface area (Å²) in [5.74, 6) is -0.441. The summed E-state index contributed by atoms with van der Waals surface area (Å²) in [6.45, 7) is 4.53. The van der Waals surface area contributed by atoms with Crippen LogP contribution in [0.5, 0.6) is 0 Å². The van der Waals surface area contributed by atoms with Crippen molar-refractivity contribution in [2.75, 3.05) is 18.4 Å². The summed E-state index contributed by atoms with van der Waals surface area (Å²) in [5, 5.41) is 19.1. The number of nitro groups is 1. The van der Waals surface area contributed by atoms with Crippen LogP contribution in [0.2, 0.25) is 0 Å². The molecule has 0 spiro atoms. The van der Waals surface area contributed by atoms with E-state index >= 15 is 0 Å². The number of nitro benzene ring substituents is 1. The largest absolute Gasteiger partial charge is 0.445 e. The fourth-order valence-corrected chi connectivity index (χ4v) is 2.63. The van der Waals surface area contributed by atoms with Crippen molar-refractivity contribution in [2.45, 2.75) is 26.5 Å². The van der Waals surface area contributed by atoms with Gasteiger partial charge >= 0.3 is 6.09 Å². The van der Waals surface area contributed by atoms with Crippen LogP contribution in [0.4, 0.5) is 16.2 Å². The average Bonchev–Trinajstić information content (AvgIpc) is 2.74. The first-order valence-corrected chi connectivity index (χ1v) is 9.60. The van der Waals surface area contributed by atoms with Crippen LogP contribution in [0.15, 0.2) is 54.6 Å². The number of non-ortho nitro benzene ring substituents is 1. The molecular formula is C21H26N4O5. The fourth-order valence-electron chi connectivity index (χ4n) is 2.63. The van der Waals surface area contributed by atoms with E-state index in [0.717, 1.165) is 5.56 Å². The molecule has 0 radical (unpaired) electrons. The lowest BCUT2D eigenvalue weighted by Gasteiger charge is -2.21. The number of alkyl carbamates (subject to hydrolysis) is 1. The molecule has 0 bridgehead atoms. The van der Waals surface area contributed by atoms with Crippen LogP contribution < -0.4 is 16.0 Å². The molecule has 2 amide bonds. The van der Waals surface area contributed by atoms with Crippen molar-refractivity contribution in [2.24, 2.45) is 5.92 Å². The highest BCUT2D eigenvalue weighted by atomic mass is 16.6. The molecule has 0 saturated heterocycles. The maximum atomic E-state index is 12.4. The van der Waals surface area contributed by atoms with Gasteiger partial charge in [0.15, 0.2) is 0 Å². The minimum atomic E-state index is -0.729. The van der Waals surface area contributed by atoms with E-state index < -0.39 is 17.1 Å². The van der Waals surface area contributed by atoms with Gasteiger partial charge in [0.05, 0.1) is 4.92 Å². The number of hydrogen-bond donors (Lipinski definition) is 3. The van der Waals surface area contributed by atoms with Crippen LogP contribution in [-0.2, 0) is 16.1 Å². The van der Waals surface area contributed by atoms with E-state index in [-0.39, 0.29) is 24.1 Å². The second-order valence-corrected chi connectivity index (χ2v) is 6.95. The molecule has 160 valence electrons. The van der Waals surface area contributed by atoms with Crippen molar-refractivity contribution in [3.63, 3.8) is 0 Å². The summed E-state index contributed by atoms with van der Waals surface area (Å²) in [6, 6.07) is 14.5. The Hall–Kier alpha value is -3.62. The van der Waals surface area contributed by atoms with Gasteiger partial charge in [0.25, 0.3) is 5.69 Å². The molecule has 0 unspecified atom stereocenters. The predicted molar refractivity (Wildman–Crippen MR) is 113 cm³/mol. The number of ether oxygens (including phenoxy) is 1. The second-order valence-electron chi connectivity index (χ2n) is 6.95. The zero-order valence-corrected chi connectivity index (χ0v) is 17.0. The van der Waals surface area contributed by atoms with E-state index in [1.165, 1.54) is 12.1 Å². The normalized spacial score (nSPS) is 11.4. The second kappa shape index (κ2) is 11.4. The predicted octanol–water partition coefficient (Wildman–Crippen LogP) is 3.07. The lowest BCUT2D eigenvalue weighted by atomic mass is 10.0. The Morgan fingerprint density at radius 2 is 1.70 bits per heavy atom. The molecule has 2 rings (SSSR count). The van der Waals surface area contributed by atoms with E-state index in [1.807, 2.05) is 44.2 Å². The molecule has 0 aromatic heterocycles. The van der Waals surface area contributed by atoms with E-state index in [1.54, 1.807) is 12.1 Å². The summed E-state index contributed by atoms with van der Waals surface area (Å²) in [7, 11) is 0. The topological polar surface area (TPSA) is 123 Å². The summed E-state index contributed by atoms with van der Waals surface area (Å²) in [6.07, 6.45) is -0.656. The van der Waals surface area contributed by atoms with Gasteiger partial charge in [-0.2, -0.15) is 0 Å². The van der Waals surface area contributed by atoms with Gasteiger partial charge in [-0.3, -0.25) is 14.9 Å². The number of hydrogen-bond acceptors (Lipinski definition) is 6. The molecule has 2 aromatic rings. The number of benzene rings is 2. The summed E-state index contributed by atoms with van der Waals surface area (Å²) in [4.78, 5) is 34.7. The maximum absolute atomic E-state index is 12.4. The van der Waals surface area contributed by atoms with Crippen molar-refractivity contribution in [3.05, 3.63) is 70.3 Å². The smallest absolute Gasteiger partial charge is 0.408 e. The molecule has 0 aliphatic heterocycles. The Bertz CT molecular complexity index is 840. The third-order valence-electron chi connectivity index (χ3n) is 4.27. The molecule has 0 aliphatic rings. The Labute approximate surface area is 175 Å². The molecule has 2 aromatic carbocycles. The van der Waals surface area contributed by atoms with Gasteiger partial charge < -0.3 is 20.7 Å². The Morgan fingerprint density at radius 3 is 2.30 bits per heavy atom. The Balaban J connectivity index is 1.74. The van der Waals surface area contributed by atoms with Crippen LogP contribution in [0, 0.1) is 16.0 Å². The first-order chi connectivity index (χ1) is 14.4. The summed E-state index contributed by atoms with van der Waals surface area (Å²) < 4.78 is 5.18. The molecule has 0 fully saturated rings. The zero-order chi connectivity index (χ0) is 21.9. The Kier molecular flexibility index (Phi) is 8.61. The standard InChI is InChI=1S/C21H26N4O5/c1-15(2)19(24-21(27)30-14-16-6-4-3-5-7-16)20(26)23-13-12-22-17-8-10-18(11-9-17)25(28)29/h3-11,15,19,22H,12-14H2,1-2H3,(H,23,26)(H,24,27)/t19-/m0/s1. The SMILES string of the molecule is CC(C)[C@H](NC(=O)OCc1ccccc1)C(=O)NCCNc1ccc([N+](=O)[O-])cc1. The number of nitrogens with zero attached hydrogens (tertiary/aromatic N) is 1. The first kappa shape index (κ1) is 22.7. The number of rotatable bonds is 10. The molecule has 9 heteroatoms. The molecule has 3 N–H and O–H groups in total. The number of anilines is 1. The van der Waals surface area contributed by atoms with Gasteiger partial charge in [-0.25, -0.2) is 4.79 Å². The van der Waals surface area contributed by atoms with Crippen molar-refractivity contribution in [1.29, 1.82) is 0 Å². The van der Waals surface area contributed by atoms with Gasteiger partial charge in [0, 0.05) is 30.9 Å². The van der Waals surface area contributed by atoms with E-state index in [9.17, 15) is 19.7 Å². The minimum Gasteiger partial charge on any atom is -0.445 e. The van der Waals surface area contributed by atoms with E-state index in [2.05, 4.69) is 16.0 Å². The molecule has 0 heterocycles. The number of nitrogens with one attached hydrogen (secondary N) is 3. The molecule has 1 atom stereocenters. The lowest BCUT2D eigenvalue weighted by molar-refractivity contribution is -0.384. The Morgan fingerprint density at radius 1 is 1.03 bits per heavy atom. The third kappa shape index (κ3) is 7.42. The quantitative estimate of drug-likeness (QED) is 0.312. The average molecular weight is 414 g/mol. The molecule has 0 saturated carbocycles. The van der Waals surface area contributed by atoms with Crippen LogP contribution >= 0.6 is 0 Å².